The molecule has 1 aromatic heterocycles. The Kier molecular flexibility index (Phi) is 0.527. The molecule has 1 rings (SSSR count). The van der Waals surface area contributed by atoms with Gasteiger partial charge < -0.3 is 4.98 Å². The molecule has 0 aliphatic carbocycles. The van der Waals surface area contributed by atoms with E-state index in [0.717, 1.165) is 0 Å². The highest BCUT2D eigenvalue weighted by Gasteiger charge is 1.88. The van der Waals surface area contributed by atoms with Gasteiger partial charge in [0.2, 0.25) is 0 Å². The number of nitrogens with one attached hydrogen (secondary N) is 2. The van der Waals surface area contributed by atoms with Gasteiger partial charge in [0, 0.05) is 15.8 Å². The first-order chi connectivity index (χ1) is 5.82. The lowest BCUT2D eigenvalue weighted by atomic mass is 10.4. The molecule has 1 aromatic rings. The summed E-state index contributed by atoms with van der Waals surface area (Å²) < 4.78 is 27.8. The van der Waals surface area contributed by atoms with Crippen LogP contribution in [-0.2, 0) is 0 Å². The summed E-state index contributed by atoms with van der Waals surface area (Å²) in [5.41, 5.74) is -2.64. The standard InChI is InChI=1S/C5H6N2O2/c1-3-2-6-5(9)7-4(3)8/h2H,1H3,(H2,6,7,8,9)/i1D3,2D. The van der Waals surface area contributed by atoms with Gasteiger partial charge in [0.1, 0.15) is 0 Å². The van der Waals surface area contributed by atoms with Crippen molar-refractivity contribution in [1.82, 2.24) is 9.97 Å². The zero-order chi connectivity index (χ0) is 10.2. The molecule has 2 N–H and O–H groups in total. The minimum Gasteiger partial charge on any atom is -0.314 e. The second kappa shape index (κ2) is 1.89. The monoisotopic (exact) mass is 130 g/mol. The number of hydrogen-bond donors (Lipinski definition) is 2. The molecular weight excluding hydrogens is 120 g/mol. The number of rotatable bonds is 0. The van der Waals surface area contributed by atoms with E-state index < -0.39 is 29.8 Å². The molecule has 48 valence electrons. The highest BCUT2D eigenvalue weighted by Crippen LogP contribution is 1.73. The minimum atomic E-state index is -2.69. The fourth-order valence-electron chi connectivity index (χ4n) is 0.373. The molecule has 0 unspecified atom stereocenters. The van der Waals surface area contributed by atoms with Crippen LogP contribution in [0.2, 0.25) is 0 Å². The topological polar surface area (TPSA) is 65.7 Å². The van der Waals surface area contributed by atoms with Crippen molar-refractivity contribution < 1.29 is 5.48 Å². The van der Waals surface area contributed by atoms with Crippen molar-refractivity contribution in [2.75, 3.05) is 0 Å². The van der Waals surface area contributed by atoms with E-state index in [9.17, 15) is 9.59 Å². The van der Waals surface area contributed by atoms with Crippen LogP contribution in [0.5, 0.6) is 0 Å². The molecule has 0 bridgehead atoms. The Bertz CT molecular complexity index is 429. The molecule has 1 heterocycles. The van der Waals surface area contributed by atoms with Gasteiger partial charge in [-0.3, -0.25) is 9.78 Å². The van der Waals surface area contributed by atoms with Crippen LogP contribution < -0.4 is 11.2 Å². The summed E-state index contributed by atoms with van der Waals surface area (Å²) in [6, 6.07) is 0. The Balaban J connectivity index is 3.57. The van der Waals surface area contributed by atoms with E-state index in [2.05, 4.69) is 0 Å². The molecular formula is C5H6N2O2. The van der Waals surface area contributed by atoms with Crippen molar-refractivity contribution in [3.63, 3.8) is 0 Å². The SMILES string of the molecule is [2H]c1[nH]c(=O)[nH]c(=O)c1C([2H])([2H])[2H]. The number of H-pyrrole nitrogens is 2. The van der Waals surface area contributed by atoms with Gasteiger partial charge in [-0.25, -0.2) is 4.79 Å². The predicted octanol–water partition coefficient (Wildman–Crippen LogP) is -0.628. The number of hydrogen-bond acceptors (Lipinski definition) is 2. The van der Waals surface area contributed by atoms with E-state index >= 15 is 0 Å². The molecule has 0 radical (unpaired) electrons. The lowest BCUT2D eigenvalue weighted by Gasteiger charge is -1.84. The van der Waals surface area contributed by atoms with Crippen LogP contribution in [0.3, 0.4) is 0 Å². The van der Waals surface area contributed by atoms with Gasteiger partial charge in [-0.05, 0) is 6.85 Å². The highest BCUT2D eigenvalue weighted by atomic mass is 16.2. The van der Waals surface area contributed by atoms with Crippen molar-refractivity contribution in [2.24, 2.45) is 0 Å². The summed E-state index contributed by atoms with van der Waals surface area (Å²) in [6.45, 7) is -2.69. The zero-order valence-corrected chi connectivity index (χ0v) is 4.32. The maximum atomic E-state index is 11.0. The maximum Gasteiger partial charge on any atom is 0.325 e. The summed E-state index contributed by atoms with van der Waals surface area (Å²) in [5, 5.41) is 0. The van der Waals surface area contributed by atoms with Crippen molar-refractivity contribution in [1.29, 1.82) is 0 Å². The average Bonchev–Trinajstić information content (AvgIpc) is 1.78. The summed E-state index contributed by atoms with van der Waals surface area (Å²) >= 11 is 0. The van der Waals surface area contributed by atoms with E-state index in [1.165, 1.54) is 0 Å². The van der Waals surface area contributed by atoms with E-state index in [0.29, 0.717) is 0 Å². The van der Waals surface area contributed by atoms with Crippen LogP contribution in [-0.4, -0.2) is 9.97 Å². The first-order valence-corrected chi connectivity index (χ1v) is 2.16. The largest absolute Gasteiger partial charge is 0.325 e. The molecule has 4 heteroatoms. The average molecular weight is 130 g/mol. The molecule has 0 spiro atoms. The van der Waals surface area contributed by atoms with Crippen LogP contribution in [0.25, 0.3) is 0 Å². The van der Waals surface area contributed by atoms with E-state index in [1.807, 2.05) is 4.98 Å². The number of aromatic nitrogens is 2. The Morgan fingerprint density at radius 2 is 2.56 bits per heavy atom. The Hall–Kier alpha value is -1.32. The normalized spacial score (nSPS) is 17.3. The fraction of sp³-hybridized carbons (Fsp3) is 0.200. The van der Waals surface area contributed by atoms with Crippen LogP contribution in [0.15, 0.2) is 15.8 Å². The van der Waals surface area contributed by atoms with Crippen molar-refractivity contribution in [2.45, 2.75) is 6.85 Å². The molecule has 0 aliphatic rings. The Morgan fingerprint density at radius 1 is 1.78 bits per heavy atom. The van der Waals surface area contributed by atoms with Gasteiger partial charge in [-0.15, -0.1) is 0 Å². The molecule has 0 fully saturated rings. The van der Waals surface area contributed by atoms with Crippen LogP contribution >= 0.6 is 0 Å². The van der Waals surface area contributed by atoms with Crippen LogP contribution in [0, 0.1) is 6.85 Å². The third kappa shape index (κ3) is 1.07. The van der Waals surface area contributed by atoms with Gasteiger partial charge in [0.05, 0.1) is 1.37 Å². The van der Waals surface area contributed by atoms with Crippen LogP contribution in [0.4, 0.5) is 0 Å². The molecule has 0 atom stereocenters. The lowest BCUT2D eigenvalue weighted by Crippen LogP contribution is -2.22. The summed E-state index contributed by atoms with van der Waals surface area (Å²) in [6.07, 6.45) is -0.672. The van der Waals surface area contributed by atoms with E-state index in [-0.39, 0.29) is 0 Å². The summed E-state index contributed by atoms with van der Waals surface area (Å²) in [4.78, 5) is 25.1. The summed E-state index contributed by atoms with van der Waals surface area (Å²) in [5.74, 6) is 0. The maximum absolute atomic E-state index is 11.0. The highest BCUT2D eigenvalue weighted by molar-refractivity contribution is 4.98. The third-order valence-electron chi connectivity index (χ3n) is 0.755. The minimum absolute atomic E-state index is 0.672. The second-order valence-corrected chi connectivity index (χ2v) is 1.41. The smallest absolute Gasteiger partial charge is 0.314 e. The molecule has 0 saturated heterocycles. The van der Waals surface area contributed by atoms with Gasteiger partial charge in [-0.1, -0.05) is 0 Å². The van der Waals surface area contributed by atoms with Gasteiger partial charge in [0.15, 0.2) is 0 Å². The molecule has 9 heavy (non-hydrogen) atoms. The van der Waals surface area contributed by atoms with E-state index in [1.54, 1.807) is 4.98 Å². The first kappa shape index (κ1) is 2.51. The van der Waals surface area contributed by atoms with Gasteiger partial charge >= 0.3 is 5.69 Å². The number of aromatic amines is 2. The Labute approximate surface area is 56.2 Å². The van der Waals surface area contributed by atoms with Crippen molar-refractivity contribution >= 4 is 0 Å². The molecule has 0 amide bonds. The van der Waals surface area contributed by atoms with Crippen LogP contribution in [0.1, 0.15) is 11.0 Å². The quantitative estimate of drug-likeness (QED) is 0.491. The fourth-order valence-corrected chi connectivity index (χ4v) is 0.373. The van der Waals surface area contributed by atoms with E-state index in [4.69, 9.17) is 5.48 Å². The van der Waals surface area contributed by atoms with Gasteiger partial charge in [0.25, 0.3) is 5.56 Å². The summed E-state index contributed by atoms with van der Waals surface area (Å²) in [7, 11) is 0. The molecule has 0 saturated carbocycles. The third-order valence-corrected chi connectivity index (χ3v) is 0.755. The second-order valence-electron chi connectivity index (χ2n) is 1.41. The zero-order valence-electron chi connectivity index (χ0n) is 8.32. The van der Waals surface area contributed by atoms with Crippen molar-refractivity contribution in [3.05, 3.63) is 32.6 Å². The molecule has 4 nitrogen and oxygen atoms in total. The molecule has 0 aromatic carbocycles. The molecule has 0 aliphatic heterocycles. The van der Waals surface area contributed by atoms with Crippen molar-refractivity contribution in [3.8, 4) is 0 Å². The first-order valence-electron chi connectivity index (χ1n) is 4.16. The lowest BCUT2D eigenvalue weighted by molar-refractivity contribution is 1.01. The van der Waals surface area contributed by atoms with Gasteiger partial charge in [-0.2, -0.15) is 0 Å². The predicted molar refractivity (Wildman–Crippen MR) is 32.4 cm³/mol. The Morgan fingerprint density at radius 3 is 3.11 bits per heavy atom.